The molecule has 1 heterocycles. The maximum atomic E-state index is 5.68. The van der Waals surface area contributed by atoms with Gasteiger partial charge >= 0.3 is 0 Å². The van der Waals surface area contributed by atoms with Crippen LogP contribution in [0.3, 0.4) is 0 Å². The zero-order chi connectivity index (χ0) is 13.9. The number of hydrogen-bond donors (Lipinski definition) is 1. The quantitative estimate of drug-likeness (QED) is 0.932. The molecule has 0 fully saturated rings. The van der Waals surface area contributed by atoms with Gasteiger partial charge in [-0.25, -0.2) is 0 Å². The third-order valence-corrected chi connectivity index (χ3v) is 4.08. The van der Waals surface area contributed by atoms with Crippen LogP contribution in [0.2, 0.25) is 0 Å². The number of nitrogens with one attached hydrogen (secondary N) is 1. The molecule has 1 aliphatic rings. The zero-order valence-corrected chi connectivity index (χ0v) is 12.8. The van der Waals surface area contributed by atoms with Crippen LogP contribution in [-0.2, 0) is 0 Å². The molecule has 0 saturated carbocycles. The maximum absolute atomic E-state index is 5.68. The number of fused-ring (bicyclic) bond motifs is 1. The van der Waals surface area contributed by atoms with E-state index >= 15 is 0 Å². The summed E-state index contributed by atoms with van der Waals surface area (Å²) in [6.45, 7) is 1.20. The summed E-state index contributed by atoms with van der Waals surface area (Å²) in [7, 11) is 1.96. The van der Waals surface area contributed by atoms with Gasteiger partial charge in [-0.05, 0) is 30.3 Å². The van der Waals surface area contributed by atoms with Crippen molar-refractivity contribution in [3.63, 3.8) is 0 Å². The van der Waals surface area contributed by atoms with E-state index < -0.39 is 0 Å². The van der Waals surface area contributed by atoms with Crippen molar-refractivity contribution < 1.29 is 9.47 Å². The summed E-state index contributed by atoms with van der Waals surface area (Å²) in [4.78, 5) is 0. The third kappa shape index (κ3) is 2.53. The maximum Gasteiger partial charge on any atom is 0.162 e. The molecule has 0 aliphatic carbocycles. The van der Waals surface area contributed by atoms with Gasteiger partial charge in [0.2, 0.25) is 0 Å². The van der Waals surface area contributed by atoms with Crippen LogP contribution in [0.15, 0.2) is 46.9 Å². The Labute approximate surface area is 127 Å². The normalized spacial score (nSPS) is 14.9. The molecule has 0 saturated heterocycles. The molecule has 2 aromatic rings. The van der Waals surface area contributed by atoms with E-state index in [-0.39, 0.29) is 6.04 Å². The molecule has 0 amide bonds. The summed E-state index contributed by atoms with van der Waals surface area (Å²) in [5.41, 5.74) is 2.36. The van der Waals surface area contributed by atoms with Crippen LogP contribution in [-0.4, -0.2) is 20.3 Å². The molecule has 0 aromatic heterocycles. The summed E-state index contributed by atoms with van der Waals surface area (Å²) in [5.74, 6) is 1.61. The minimum Gasteiger partial charge on any atom is -0.486 e. The minimum absolute atomic E-state index is 0.112. The number of rotatable bonds is 3. The minimum atomic E-state index is 0.112. The van der Waals surface area contributed by atoms with Gasteiger partial charge in [0.25, 0.3) is 0 Å². The monoisotopic (exact) mass is 333 g/mol. The zero-order valence-electron chi connectivity index (χ0n) is 11.2. The lowest BCUT2D eigenvalue weighted by molar-refractivity contribution is 0.171. The molecule has 3 rings (SSSR count). The lowest BCUT2D eigenvalue weighted by Gasteiger charge is -2.23. The first-order chi connectivity index (χ1) is 9.79. The van der Waals surface area contributed by atoms with Crippen LogP contribution in [0.5, 0.6) is 11.5 Å². The Balaban J connectivity index is 2.04. The van der Waals surface area contributed by atoms with Crippen molar-refractivity contribution in [2.24, 2.45) is 0 Å². The average Bonchev–Trinajstić information content (AvgIpc) is 2.49. The number of ether oxygens (including phenoxy) is 2. The second-order valence-corrected chi connectivity index (χ2v) is 5.50. The molecule has 104 valence electrons. The second-order valence-electron chi connectivity index (χ2n) is 4.65. The van der Waals surface area contributed by atoms with Gasteiger partial charge < -0.3 is 14.8 Å². The highest BCUT2D eigenvalue weighted by atomic mass is 79.9. The Morgan fingerprint density at radius 3 is 2.35 bits per heavy atom. The van der Waals surface area contributed by atoms with Gasteiger partial charge in [-0.1, -0.05) is 46.3 Å². The highest BCUT2D eigenvalue weighted by Gasteiger charge is 2.20. The lowest BCUT2D eigenvalue weighted by Crippen LogP contribution is -2.20. The largest absolute Gasteiger partial charge is 0.486 e. The molecule has 1 N–H and O–H groups in total. The summed E-state index contributed by atoms with van der Waals surface area (Å²) in [6, 6.07) is 14.5. The van der Waals surface area contributed by atoms with Crippen LogP contribution in [0.1, 0.15) is 17.2 Å². The predicted molar refractivity (Wildman–Crippen MR) is 82.5 cm³/mol. The molecule has 0 bridgehead atoms. The van der Waals surface area contributed by atoms with Gasteiger partial charge in [0.15, 0.2) is 11.5 Å². The van der Waals surface area contributed by atoms with Gasteiger partial charge in [0, 0.05) is 4.47 Å². The number of halogens is 1. The van der Waals surface area contributed by atoms with Gasteiger partial charge in [-0.3, -0.25) is 0 Å². The average molecular weight is 334 g/mol. The Bertz CT molecular complexity index is 601. The van der Waals surface area contributed by atoms with Crippen molar-refractivity contribution in [2.75, 3.05) is 20.3 Å². The first kappa shape index (κ1) is 13.5. The fourth-order valence-corrected chi connectivity index (χ4v) is 3.00. The van der Waals surface area contributed by atoms with Crippen molar-refractivity contribution in [2.45, 2.75) is 6.04 Å². The van der Waals surface area contributed by atoms with Crippen molar-refractivity contribution in [1.29, 1.82) is 0 Å². The Kier molecular flexibility index (Phi) is 3.94. The van der Waals surface area contributed by atoms with Gasteiger partial charge in [0.05, 0.1) is 6.04 Å². The molecule has 2 aromatic carbocycles. The predicted octanol–water partition coefficient (Wildman–Crippen LogP) is 3.53. The van der Waals surface area contributed by atoms with Crippen LogP contribution in [0.25, 0.3) is 0 Å². The van der Waals surface area contributed by atoms with E-state index in [1.54, 1.807) is 0 Å². The second kappa shape index (κ2) is 5.85. The van der Waals surface area contributed by atoms with Crippen LogP contribution < -0.4 is 14.8 Å². The lowest BCUT2D eigenvalue weighted by atomic mass is 9.98. The Morgan fingerprint density at radius 2 is 1.70 bits per heavy atom. The van der Waals surface area contributed by atoms with Gasteiger partial charge in [-0.2, -0.15) is 0 Å². The molecule has 4 heteroatoms. The first-order valence-electron chi connectivity index (χ1n) is 6.61. The Hall–Kier alpha value is -1.52. The van der Waals surface area contributed by atoms with Crippen LogP contribution in [0, 0.1) is 0 Å². The number of benzene rings is 2. The highest BCUT2D eigenvalue weighted by molar-refractivity contribution is 9.10. The van der Waals surface area contributed by atoms with E-state index in [1.165, 1.54) is 5.56 Å². The fourth-order valence-electron chi connectivity index (χ4n) is 2.45. The highest BCUT2D eigenvalue weighted by Crippen LogP contribution is 2.39. The Morgan fingerprint density at radius 1 is 1.05 bits per heavy atom. The molecule has 0 spiro atoms. The molecule has 1 atom stereocenters. The van der Waals surface area contributed by atoms with Gasteiger partial charge in [0.1, 0.15) is 13.2 Å². The molecule has 1 unspecified atom stereocenters. The molecular formula is C16H16BrNO2. The van der Waals surface area contributed by atoms with E-state index in [1.807, 2.05) is 37.4 Å². The van der Waals surface area contributed by atoms with E-state index in [2.05, 4.69) is 33.4 Å². The van der Waals surface area contributed by atoms with E-state index in [4.69, 9.17) is 9.47 Å². The van der Waals surface area contributed by atoms with Crippen LogP contribution >= 0.6 is 15.9 Å². The van der Waals surface area contributed by atoms with E-state index in [9.17, 15) is 0 Å². The van der Waals surface area contributed by atoms with Crippen molar-refractivity contribution >= 4 is 15.9 Å². The summed E-state index contributed by atoms with van der Waals surface area (Å²) in [6.07, 6.45) is 0. The van der Waals surface area contributed by atoms with Crippen molar-refractivity contribution in [3.05, 3.63) is 58.1 Å². The van der Waals surface area contributed by atoms with E-state index in [0.29, 0.717) is 13.2 Å². The summed E-state index contributed by atoms with van der Waals surface area (Å²) in [5, 5.41) is 3.36. The molecule has 1 aliphatic heterocycles. The number of hydrogen-bond acceptors (Lipinski definition) is 3. The van der Waals surface area contributed by atoms with E-state index in [0.717, 1.165) is 21.5 Å². The van der Waals surface area contributed by atoms with Crippen LogP contribution in [0.4, 0.5) is 0 Å². The smallest absolute Gasteiger partial charge is 0.162 e. The standard InChI is InChI=1S/C16H16BrNO2/c1-18-16(11-5-3-2-4-6-11)12-9-14-15(10-13(12)17)20-8-7-19-14/h2-6,9-10,16,18H,7-8H2,1H3. The molecular weight excluding hydrogens is 318 g/mol. The van der Waals surface area contributed by atoms with Crippen molar-refractivity contribution in [3.8, 4) is 11.5 Å². The third-order valence-electron chi connectivity index (χ3n) is 3.39. The SMILES string of the molecule is CNC(c1ccccc1)c1cc2c(cc1Br)OCCO2. The molecule has 3 nitrogen and oxygen atoms in total. The summed E-state index contributed by atoms with van der Waals surface area (Å²) >= 11 is 3.64. The fraction of sp³-hybridized carbons (Fsp3) is 0.250. The molecule has 20 heavy (non-hydrogen) atoms. The van der Waals surface area contributed by atoms with Crippen molar-refractivity contribution in [1.82, 2.24) is 5.32 Å². The van der Waals surface area contributed by atoms with Gasteiger partial charge in [-0.15, -0.1) is 0 Å². The topological polar surface area (TPSA) is 30.5 Å². The molecule has 0 radical (unpaired) electrons. The summed E-state index contributed by atoms with van der Waals surface area (Å²) < 4.78 is 12.3. The first-order valence-corrected chi connectivity index (χ1v) is 7.40.